The second-order valence-corrected chi connectivity index (χ2v) is 5.69. The maximum atomic E-state index is 11.2. The van der Waals surface area contributed by atoms with Crippen LogP contribution in [-0.2, 0) is 11.2 Å². The van der Waals surface area contributed by atoms with Gasteiger partial charge in [0.1, 0.15) is 18.6 Å². The first-order valence-electron chi connectivity index (χ1n) is 7.84. The van der Waals surface area contributed by atoms with Crippen molar-refractivity contribution in [1.29, 1.82) is 5.26 Å². The smallest absolute Gasteiger partial charge is 0.236 e. The van der Waals surface area contributed by atoms with E-state index in [4.69, 9.17) is 5.26 Å². The number of fused-ring (bicyclic) bond motifs is 1. The molecule has 1 amide bonds. The molecule has 23 heavy (non-hydrogen) atoms. The molecule has 2 aliphatic rings. The fraction of sp³-hybridized carbons (Fsp3) is 0.562. The summed E-state index contributed by atoms with van der Waals surface area (Å²) >= 11 is 0. The van der Waals surface area contributed by atoms with Crippen LogP contribution in [0.4, 0.5) is 11.6 Å². The quantitative estimate of drug-likeness (QED) is 0.902. The van der Waals surface area contributed by atoms with Crippen molar-refractivity contribution in [2.75, 3.05) is 25.5 Å². The molecule has 3 heterocycles. The first-order chi connectivity index (χ1) is 11.2. The molecule has 0 spiro atoms. The Labute approximate surface area is 137 Å². The third-order valence-electron chi connectivity index (χ3n) is 4.04. The molecule has 0 aromatic carbocycles. The highest BCUT2D eigenvalue weighted by molar-refractivity contribution is 5.78. The number of amides is 1. The molecule has 0 aliphatic carbocycles. The molecular formula is C16H24N6O. The van der Waals surface area contributed by atoms with E-state index in [1.54, 1.807) is 4.90 Å². The molecule has 0 bridgehead atoms. The number of hydrogen-bond donors (Lipinski definition) is 1. The summed E-state index contributed by atoms with van der Waals surface area (Å²) in [5.74, 6) is 2.40. The van der Waals surface area contributed by atoms with Gasteiger partial charge < -0.3 is 10.2 Å². The molecular weight excluding hydrogens is 292 g/mol. The molecule has 2 aliphatic heterocycles. The molecule has 3 rings (SSSR count). The Hall–Kier alpha value is -2.49. The molecule has 0 atom stereocenters. The van der Waals surface area contributed by atoms with Gasteiger partial charge in [-0.2, -0.15) is 5.26 Å². The number of aromatic nitrogens is 2. The number of hydrogen-bond acceptors (Lipinski definition) is 6. The minimum atomic E-state index is -0.00981. The van der Waals surface area contributed by atoms with Crippen LogP contribution in [0.2, 0.25) is 0 Å². The highest BCUT2D eigenvalue weighted by Crippen LogP contribution is 2.25. The lowest BCUT2D eigenvalue weighted by atomic mass is 9.99. The van der Waals surface area contributed by atoms with Crippen molar-refractivity contribution in [2.45, 2.75) is 32.6 Å². The van der Waals surface area contributed by atoms with Gasteiger partial charge in [0, 0.05) is 39.8 Å². The van der Waals surface area contributed by atoms with Crippen LogP contribution < -0.4 is 5.32 Å². The number of rotatable bonds is 2. The number of anilines is 1. The Morgan fingerprint density at radius 2 is 2.22 bits per heavy atom. The van der Waals surface area contributed by atoms with Crippen molar-refractivity contribution in [1.82, 2.24) is 14.9 Å². The number of carbonyl (C=O) groups excluding carboxylic acids is 1. The summed E-state index contributed by atoms with van der Waals surface area (Å²) in [4.78, 5) is 25.2. The molecule has 1 saturated heterocycles. The number of nitrogens with one attached hydrogen (secondary N) is 1. The first-order valence-corrected chi connectivity index (χ1v) is 7.84. The Morgan fingerprint density at radius 1 is 1.48 bits per heavy atom. The zero-order chi connectivity index (χ0) is 16.7. The van der Waals surface area contributed by atoms with Gasteiger partial charge in [0.2, 0.25) is 5.91 Å². The Balaban J connectivity index is 0.000000231. The zero-order valence-corrected chi connectivity index (χ0v) is 13.6. The van der Waals surface area contributed by atoms with Gasteiger partial charge in [-0.05, 0) is 18.8 Å². The first kappa shape index (κ1) is 16.9. The van der Waals surface area contributed by atoms with Crippen LogP contribution in [0.1, 0.15) is 33.2 Å². The molecule has 124 valence electrons. The lowest BCUT2D eigenvalue weighted by Crippen LogP contribution is -2.37. The van der Waals surface area contributed by atoms with E-state index in [1.165, 1.54) is 6.33 Å². The highest BCUT2D eigenvalue weighted by atomic mass is 16.2. The minimum Gasteiger partial charge on any atom is -0.373 e. The van der Waals surface area contributed by atoms with E-state index in [1.807, 2.05) is 19.3 Å². The number of aliphatic imine (C=N–C) groups is 1. The maximum absolute atomic E-state index is 11.2. The van der Waals surface area contributed by atoms with Crippen LogP contribution in [0.15, 0.2) is 11.3 Å². The van der Waals surface area contributed by atoms with Crippen molar-refractivity contribution in [3.8, 4) is 6.07 Å². The fourth-order valence-electron chi connectivity index (χ4n) is 2.58. The second-order valence-electron chi connectivity index (χ2n) is 5.69. The van der Waals surface area contributed by atoms with Crippen LogP contribution in [0, 0.1) is 17.2 Å². The Morgan fingerprint density at radius 3 is 2.87 bits per heavy atom. The van der Waals surface area contributed by atoms with Crippen molar-refractivity contribution in [2.24, 2.45) is 10.9 Å². The monoisotopic (exact) mass is 316 g/mol. The zero-order valence-electron chi connectivity index (χ0n) is 13.6. The van der Waals surface area contributed by atoms with Crippen LogP contribution in [-0.4, -0.2) is 47.1 Å². The van der Waals surface area contributed by atoms with E-state index in [0.29, 0.717) is 0 Å². The molecule has 7 nitrogen and oxygen atoms in total. The van der Waals surface area contributed by atoms with E-state index < -0.39 is 0 Å². The molecule has 0 unspecified atom stereocenters. The Bertz CT molecular complexity index is 619. The topological polar surface area (TPSA) is 94.3 Å². The SMILES string of the molecule is CC1CCN(C(=O)CC#N)CC1.CNc1ncnc2c1CC=N2.[HH]. The summed E-state index contributed by atoms with van der Waals surface area (Å²) in [7, 11) is 1.85. The normalized spacial score (nSPS) is 16.1. The average Bonchev–Trinajstić information content (AvgIpc) is 3.05. The standard InChI is InChI=1S/C9H14N2O.C7H8N4.H2/c1-8-3-6-11(7-4-8)9(12)2-5-10;1-8-6-5-2-3-9-7(5)11-4-10-6;/h8H,2-4,6-7H2,1H3;3-4H,2H2,1H3,(H,8,10,11);1H. The minimum absolute atomic E-state index is 0. The van der Waals surface area contributed by atoms with Gasteiger partial charge in [-0.15, -0.1) is 0 Å². The third-order valence-corrected chi connectivity index (χ3v) is 4.04. The van der Waals surface area contributed by atoms with Crippen molar-refractivity contribution < 1.29 is 6.22 Å². The number of nitrogens with zero attached hydrogens (tertiary/aromatic N) is 5. The van der Waals surface area contributed by atoms with E-state index >= 15 is 0 Å². The lowest BCUT2D eigenvalue weighted by molar-refractivity contribution is -0.131. The van der Waals surface area contributed by atoms with E-state index in [9.17, 15) is 4.79 Å². The van der Waals surface area contributed by atoms with Crippen molar-refractivity contribution >= 4 is 23.8 Å². The van der Waals surface area contributed by atoms with Crippen molar-refractivity contribution in [3.63, 3.8) is 0 Å². The summed E-state index contributed by atoms with van der Waals surface area (Å²) in [6.07, 6.45) is 6.41. The van der Waals surface area contributed by atoms with E-state index in [2.05, 4.69) is 27.2 Å². The van der Waals surface area contributed by atoms with Gasteiger partial charge in [0.05, 0.1) is 6.07 Å². The van der Waals surface area contributed by atoms with Crippen LogP contribution in [0.25, 0.3) is 0 Å². The molecule has 1 aromatic rings. The predicted molar refractivity (Wildman–Crippen MR) is 90.8 cm³/mol. The van der Waals surface area contributed by atoms with E-state index in [-0.39, 0.29) is 13.8 Å². The summed E-state index contributed by atoms with van der Waals surface area (Å²) < 4.78 is 0. The number of likely N-dealkylation sites (tertiary alicyclic amines) is 1. The third kappa shape index (κ3) is 4.49. The molecule has 0 saturated carbocycles. The molecule has 7 heteroatoms. The van der Waals surface area contributed by atoms with Crippen LogP contribution in [0.5, 0.6) is 0 Å². The maximum Gasteiger partial charge on any atom is 0.236 e. The summed E-state index contributed by atoms with van der Waals surface area (Å²) in [6, 6.07) is 1.88. The lowest BCUT2D eigenvalue weighted by Gasteiger charge is -2.29. The molecule has 1 N–H and O–H groups in total. The van der Waals surface area contributed by atoms with Gasteiger partial charge in [0.25, 0.3) is 0 Å². The molecule has 0 radical (unpaired) electrons. The summed E-state index contributed by atoms with van der Waals surface area (Å²) in [6.45, 7) is 3.87. The Kier molecular flexibility index (Phi) is 6.03. The number of piperidine rings is 1. The number of carbonyl (C=O) groups is 1. The fourth-order valence-corrected chi connectivity index (χ4v) is 2.58. The van der Waals surface area contributed by atoms with Crippen LogP contribution in [0.3, 0.4) is 0 Å². The van der Waals surface area contributed by atoms with Gasteiger partial charge in [-0.3, -0.25) is 4.79 Å². The van der Waals surface area contributed by atoms with E-state index in [0.717, 1.165) is 55.5 Å². The highest BCUT2D eigenvalue weighted by Gasteiger charge is 2.19. The number of nitriles is 1. The largest absolute Gasteiger partial charge is 0.373 e. The van der Waals surface area contributed by atoms with Gasteiger partial charge in [-0.1, -0.05) is 6.92 Å². The van der Waals surface area contributed by atoms with Crippen LogP contribution >= 0.6 is 0 Å². The summed E-state index contributed by atoms with van der Waals surface area (Å²) in [5.41, 5.74) is 1.09. The average molecular weight is 316 g/mol. The molecule has 1 fully saturated rings. The second kappa shape index (κ2) is 8.22. The molecule has 1 aromatic heterocycles. The summed E-state index contributed by atoms with van der Waals surface area (Å²) in [5, 5.41) is 11.3. The van der Waals surface area contributed by atoms with Gasteiger partial charge >= 0.3 is 0 Å². The van der Waals surface area contributed by atoms with Gasteiger partial charge in [-0.25, -0.2) is 15.0 Å². The van der Waals surface area contributed by atoms with Gasteiger partial charge in [0.15, 0.2) is 5.82 Å². The van der Waals surface area contributed by atoms with Crippen molar-refractivity contribution in [3.05, 3.63) is 11.9 Å². The predicted octanol–water partition coefficient (Wildman–Crippen LogP) is 2.18.